The third-order valence-corrected chi connectivity index (χ3v) is 6.39. The number of aromatic nitrogens is 2. The Labute approximate surface area is 172 Å². The number of nitrogens with one attached hydrogen (secondary N) is 1. The highest BCUT2D eigenvalue weighted by atomic mass is 32.1. The summed E-state index contributed by atoms with van der Waals surface area (Å²) in [5.41, 5.74) is 1.57. The molecule has 0 fully saturated rings. The summed E-state index contributed by atoms with van der Waals surface area (Å²) >= 11 is 1.56. The van der Waals surface area contributed by atoms with Crippen molar-refractivity contribution in [3.05, 3.63) is 56.4 Å². The van der Waals surface area contributed by atoms with E-state index in [1.807, 2.05) is 6.07 Å². The van der Waals surface area contributed by atoms with Gasteiger partial charge in [0.25, 0.3) is 11.5 Å². The Bertz CT molecular complexity index is 1120. The zero-order valence-electron chi connectivity index (χ0n) is 16.5. The summed E-state index contributed by atoms with van der Waals surface area (Å²) in [4.78, 5) is 32.1. The van der Waals surface area contributed by atoms with Crippen LogP contribution in [0.25, 0.3) is 4.96 Å². The number of fused-ring (bicyclic) bond motifs is 3. The van der Waals surface area contributed by atoms with Crippen LogP contribution in [-0.2, 0) is 19.4 Å². The van der Waals surface area contributed by atoms with Gasteiger partial charge < -0.3 is 14.8 Å². The van der Waals surface area contributed by atoms with Crippen LogP contribution in [0.15, 0.2) is 29.2 Å². The number of hydrogen-bond donors (Lipinski definition) is 1. The molecule has 3 aromatic rings. The number of aryl methyl sites for hydroxylation is 2. The van der Waals surface area contributed by atoms with Crippen molar-refractivity contribution in [2.24, 2.45) is 0 Å². The lowest BCUT2D eigenvalue weighted by Crippen LogP contribution is -2.31. The second-order valence-electron chi connectivity index (χ2n) is 6.99. The van der Waals surface area contributed by atoms with E-state index in [2.05, 4.69) is 10.3 Å². The van der Waals surface area contributed by atoms with Crippen molar-refractivity contribution in [2.75, 3.05) is 14.2 Å². The molecule has 4 rings (SSSR count). The highest BCUT2D eigenvalue weighted by Crippen LogP contribution is 2.27. The van der Waals surface area contributed by atoms with E-state index in [4.69, 9.17) is 9.47 Å². The minimum atomic E-state index is -0.441. The molecule has 1 aliphatic rings. The van der Waals surface area contributed by atoms with Crippen molar-refractivity contribution in [1.82, 2.24) is 14.7 Å². The molecule has 8 heteroatoms. The topological polar surface area (TPSA) is 81.9 Å². The smallest absolute Gasteiger partial charge is 0.271 e. The second kappa shape index (κ2) is 8.24. The van der Waals surface area contributed by atoms with Crippen LogP contribution in [0.5, 0.6) is 11.5 Å². The lowest BCUT2D eigenvalue weighted by molar-refractivity contribution is 0.0948. The van der Waals surface area contributed by atoms with Gasteiger partial charge in [-0.2, -0.15) is 0 Å². The first-order chi connectivity index (χ1) is 14.1. The number of thiazole rings is 1. The van der Waals surface area contributed by atoms with Gasteiger partial charge in [0.05, 0.1) is 14.2 Å². The van der Waals surface area contributed by atoms with Gasteiger partial charge in [0.1, 0.15) is 17.1 Å². The number of carbonyl (C=O) groups excluding carboxylic acids is 1. The van der Waals surface area contributed by atoms with Crippen LogP contribution in [-0.4, -0.2) is 29.5 Å². The molecule has 1 N–H and O–H groups in total. The molecule has 0 unspecified atom stereocenters. The zero-order valence-corrected chi connectivity index (χ0v) is 17.3. The number of nitrogens with zero attached hydrogens (tertiary/aromatic N) is 2. The molecule has 0 radical (unpaired) electrons. The Kier molecular flexibility index (Phi) is 5.53. The molecule has 0 saturated carbocycles. The number of carbonyl (C=O) groups is 1. The van der Waals surface area contributed by atoms with Gasteiger partial charge in [0.2, 0.25) is 0 Å². The molecule has 1 amide bonds. The summed E-state index contributed by atoms with van der Waals surface area (Å²) in [5, 5.41) is 2.81. The maximum atomic E-state index is 13.1. The number of ether oxygens (including phenoxy) is 2. The Morgan fingerprint density at radius 3 is 2.83 bits per heavy atom. The Hall–Kier alpha value is -2.87. The minimum Gasteiger partial charge on any atom is -0.497 e. The van der Waals surface area contributed by atoms with Crippen molar-refractivity contribution in [3.8, 4) is 11.5 Å². The maximum Gasteiger partial charge on any atom is 0.271 e. The molecular weight excluding hydrogens is 390 g/mol. The largest absolute Gasteiger partial charge is 0.497 e. The summed E-state index contributed by atoms with van der Waals surface area (Å²) in [6.07, 6.45) is 6.56. The van der Waals surface area contributed by atoms with Crippen molar-refractivity contribution in [3.63, 3.8) is 0 Å². The fraction of sp³-hybridized carbons (Fsp3) is 0.381. The number of rotatable bonds is 5. The van der Waals surface area contributed by atoms with Crippen LogP contribution in [0.2, 0.25) is 0 Å². The average molecular weight is 413 g/mol. The molecule has 1 aromatic carbocycles. The van der Waals surface area contributed by atoms with Gasteiger partial charge >= 0.3 is 0 Å². The first-order valence-corrected chi connectivity index (χ1v) is 10.5. The lowest BCUT2D eigenvalue weighted by Gasteiger charge is -2.11. The second-order valence-corrected chi connectivity index (χ2v) is 8.05. The lowest BCUT2D eigenvalue weighted by atomic mass is 10.2. The zero-order chi connectivity index (χ0) is 20.4. The SMILES string of the molecule is COc1ccc(CNC(=O)c2cnc3sc4c(n3c2=O)CCCCC4)c(OC)c1. The van der Waals surface area contributed by atoms with E-state index < -0.39 is 5.91 Å². The predicted octanol–water partition coefficient (Wildman–Crippen LogP) is 2.97. The van der Waals surface area contributed by atoms with Crippen molar-refractivity contribution in [2.45, 2.75) is 38.6 Å². The van der Waals surface area contributed by atoms with Crippen LogP contribution < -0.4 is 20.3 Å². The van der Waals surface area contributed by atoms with Gasteiger partial charge in [-0.15, -0.1) is 11.3 Å². The molecule has 2 heterocycles. The molecule has 1 aliphatic carbocycles. The molecule has 2 aromatic heterocycles. The van der Waals surface area contributed by atoms with Crippen molar-refractivity contribution in [1.29, 1.82) is 0 Å². The molecule has 0 bridgehead atoms. The van der Waals surface area contributed by atoms with E-state index >= 15 is 0 Å². The van der Waals surface area contributed by atoms with Gasteiger partial charge in [-0.05, 0) is 37.8 Å². The third-order valence-electron chi connectivity index (χ3n) is 5.23. The summed E-state index contributed by atoms with van der Waals surface area (Å²) in [5.74, 6) is 0.837. The Balaban J connectivity index is 1.60. The minimum absolute atomic E-state index is 0.0554. The molecular formula is C21H23N3O4S. The van der Waals surface area contributed by atoms with Crippen LogP contribution in [0.3, 0.4) is 0 Å². The molecule has 152 valence electrons. The van der Waals surface area contributed by atoms with Gasteiger partial charge in [0, 0.05) is 34.9 Å². The molecule has 0 saturated heterocycles. The third kappa shape index (κ3) is 3.72. The fourth-order valence-corrected chi connectivity index (χ4v) is 4.84. The average Bonchev–Trinajstić information content (AvgIpc) is 2.94. The predicted molar refractivity (Wildman–Crippen MR) is 111 cm³/mol. The monoisotopic (exact) mass is 413 g/mol. The Morgan fingerprint density at radius 2 is 2.03 bits per heavy atom. The van der Waals surface area contributed by atoms with Crippen molar-refractivity contribution >= 4 is 22.2 Å². The van der Waals surface area contributed by atoms with E-state index in [9.17, 15) is 9.59 Å². The van der Waals surface area contributed by atoms with Crippen LogP contribution in [0.1, 0.15) is 45.8 Å². The molecule has 29 heavy (non-hydrogen) atoms. The first-order valence-electron chi connectivity index (χ1n) is 9.63. The molecule has 0 spiro atoms. The van der Waals surface area contributed by atoms with E-state index in [-0.39, 0.29) is 17.7 Å². The van der Waals surface area contributed by atoms with Gasteiger partial charge in [0.15, 0.2) is 4.96 Å². The summed E-state index contributed by atoms with van der Waals surface area (Å²) in [7, 11) is 3.14. The van der Waals surface area contributed by atoms with E-state index in [0.29, 0.717) is 16.5 Å². The van der Waals surface area contributed by atoms with Gasteiger partial charge in [-0.3, -0.25) is 14.0 Å². The van der Waals surface area contributed by atoms with Crippen LogP contribution >= 0.6 is 11.3 Å². The number of hydrogen-bond acceptors (Lipinski definition) is 6. The van der Waals surface area contributed by atoms with Crippen LogP contribution in [0.4, 0.5) is 0 Å². The van der Waals surface area contributed by atoms with Crippen molar-refractivity contribution < 1.29 is 14.3 Å². The summed E-state index contributed by atoms with van der Waals surface area (Å²) in [6.45, 7) is 0.232. The van der Waals surface area contributed by atoms with Gasteiger partial charge in [-0.25, -0.2) is 4.98 Å². The van der Waals surface area contributed by atoms with E-state index in [0.717, 1.165) is 43.4 Å². The fourth-order valence-electron chi connectivity index (χ4n) is 3.67. The van der Waals surface area contributed by atoms with E-state index in [1.54, 1.807) is 42.1 Å². The Morgan fingerprint density at radius 1 is 1.21 bits per heavy atom. The number of amides is 1. The van der Waals surface area contributed by atoms with Gasteiger partial charge in [-0.1, -0.05) is 6.42 Å². The highest BCUT2D eigenvalue weighted by molar-refractivity contribution is 7.17. The summed E-state index contributed by atoms with van der Waals surface area (Å²) < 4.78 is 12.2. The molecule has 0 atom stereocenters. The number of benzene rings is 1. The first kappa shape index (κ1) is 19.4. The maximum absolute atomic E-state index is 13.1. The molecule has 7 nitrogen and oxygen atoms in total. The number of methoxy groups -OCH3 is 2. The van der Waals surface area contributed by atoms with Crippen LogP contribution in [0, 0.1) is 0 Å². The normalized spacial score (nSPS) is 13.6. The highest BCUT2D eigenvalue weighted by Gasteiger charge is 2.21. The van der Waals surface area contributed by atoms with E-state index in [1.165, 1.54) is 11.1 Å². The quantitative estimate of drug-likeness (QED) is 0.651. The molecule has 0 aliphatic heterocycles. The standard InChI is InChI=1S/C21H23N3O4S/c1-27-14-9-8-13(17(10-14)28-2)11-22-19(25)15-12-23-21-24(20(15)26)16-6-4-3-5-7-18(16)29-21/h8-10,12H,3-7,11H2,1-2H3,(H,22,25). The summed E-state index contributed by atoms with van der Waals surface area (Å²) in [6, 6.07) is 5.38.